The Morgan fingerprint density at radius 1 is 1.18 bits per heavy atom. The Labute approximate surface area is 75.1 Å². The number of hydrogen-bond acceptors (Lipinski definition) is 1. The molecule has 0 N–H and O–H groups in total. The van der Waals surface area contributed by atoms with Crippen LogP contribution in [0.2, 0.25) is 18.1 Å². The highest BCUT2D eigenvalue weighted by molar-refractivity contribution is 6.59. The van der Waals surface area contributed by atoms with Gasteiger partial charge in [-0.15, -0.1) is 0 Å². The van der Waals surface area contributed by atoms with Gasteiger partial charge in [-0.1, -0.05) is 31.4 Å². The van der Waals surface area contributed by atoms with E-state index in [9.17, 15) is 0 Å². The maximum atomic E-state index is 5.25. The lowest BCUT2D eigenvalue weighted by molar-refractivity contribution is 0.421. The lowest BCUT2D eigenvalue weighted by Crippen LogP contribution is -2.17. The van der Waals surface area contributed by atoms with Crippen LogP contribution in [0.4, 0.5) is 0 Å². The van der Waals surface area contributed by atoms with E-state index in [4.69, 9.17) is 4.74 Å². The van der Waals surface area contributed by atoms with Crippen molar-refractivity contribution in [1.82, 2.24) is 0 Å². The van der Waals surface area contributed by atoms with Crippen molar-refractivity contribution < 1.29 is 4.74 Å². The van der Waals surface area contributed by atoms with E-state index in [0.29, 0.717) is 0 Å². The van der Waals surface area contributed by atoms with E-state index in [2.05, 4.69) is 0 Å². The molecule has 1 unspecified atom stereocenters. The third-order valence-corrected chi connectivity index (χ3v) is 6.37. The minimum atomic E-state index is -0.247. The molecule has 0 aliphatic carbocycles. The van der Waals surface area contributed by atoms with Gasteiger partial charge in [0.1, 0.15) is 0 Å². The van der Waals surface area contributed by atoms with E-state index >= 15 is 0 Å². The first-order valence-corrected chi connectivity index (χ1v) is 7.02. The zero-order valence-corrected chi connectivity index (χ0v) is 7.67. The van der Waals surface area contributed by atoms with Gasteiger partial charge >= 0.3 is 0 Å². The zero-order valence-electron chi connectivity index (χ0n) is 6.51. The average molecular weight is 188 g/mol. The molecule has 3 heteroatoms. The van der Waals surface area contributed by atoms with Crippen LogP contribution >= 0.6 is 0 Å². The number of epoxide rings is 1. The van der Waals surface area contributed by atoms with Crippen LogP contribution in [0.1, 0.15) is 19.3 Å². The SMILES string of the molecule is C1CC[SiH](CC2CO2)CC1.[SiH4]. The Morgan fingerprint density at radius 2 is 1.82 bits per heavy atom. The maximum Gasteiger partial charge on any atom is 0.0784 e. The Balaban J connectivity index is 0.000000605. The first-order valence-electron chi connectivity index (χ1n) is 4.57. The van der Waals surface area contributed by atoms with Gasteiger partial charge in [0.2, 0.25) is 0 Å². The van der Waals surface area contributed by atoms with Crippen molar-refractivity contribution in [3.63, 3.8) is 0 Å². The van der Waals surface area contributed by atoms with Gasteiger partial charge in [-0.2, -0.15) is 0 Å². The van der Waals surface area contributed by atoms with Crippen LogP contribution < -0.4 is 0 Å². The van der Waals surface area contributed by atoms with E-state index < -0.39 is 0 Å². The van der Waals surface area contributed by atoms with Crippen LogP contribution in [-0.2, 0) is 4.74 Å². The highest BCUT2D eigenvalue weighted by Crippen LogP contribution is 2.26. The van der Waals surface area contributed by atoms with Crippen molar-refractivity contribution in [3.8, 4) is 0 Å². The molecule has 0 aromatic heterocycles. The third kappa shape index (κ3) is 3.09. The molecule has 0 radical (unpaired) electrons. The van der Waals surface area contributed by atoms with E-state index in [0.717, 1.165) is 12.7 Å². The van der Waals surface area contributed by atoms with Crippen LogP contribution in [0, 0.1) is 0 Å². The van der Waals surface area contributed by atoms with Gasteiger partial charge in [-0.3, -0.25) is 0 Å². The molecular weight excluding hydrogens is 168 g/mol. The minimum Gasteiger partial charge on any atom is -0.373 e. The van der Waals surface area contributed by atoms with Crippen molar-refractivity contribution in [3.05, 3.63) is 0 Å². The molecule has 2 rings (SSSR count). The highest BCUT2D eigenvalue weighted by Gasteiger charge is 2.27. The summed E-state index contributed by atoms with van der Waals surface area (Å²) < 4.78 is 5.25. The smallest absolute Gasteiger partial charge is 0.0784 e. The summed E-state index contributed by atoms with van der Waals surface area (Å²) in [4.78, 5) is 0. The fourth-order valence-corrected chi connectivity index (χ4v) is 5.51. The first-order chi connectivity index (χ1) is 4.95. The molecule has 0 aromatic rings. The largest absolute Gasteiger partial charge is 0.373 e. The quantitative estimate of drug-likeness (QED) is 0.450. The lowest BCUT2D eigenvalue weighted by Gasteiger charge is -2.18. The van der Waals surface area contributed by atoms with E-state index in [1.165, 1.54) is 25.3 Å². The highest BCUT2D eigenvalue weighted by atomic mass is 28.3. The van der Waals surface area contributed by atoms with E-state index in [1.54, 1.807) is 12.1 Å². The van der Waals surface area contributed by atoms with Crippen LogP contribution in [0.25, 0.3) is 0 Å². The fraction of sp³-hybridized carbons (Fsp3) is 1.00. The minimum absolute atomic E-state index is 0. The standard InChI is InChI=1S/C8H16OSi.H4Si/c1-2-4-10(5-3-1)7-8-6-9-8;/h8,10H,1-7H2;1H4. The normalized spacial score (nSPS) is 31.1. The van der Waals surface area contributed by atoms with Crippen molar-refractivity contribution in [1.29, 1.82) is 0 Å². The molecule has 11 heavy (non-hydrogen) atoms. The maximum absolute atomic E-state index is 5.25. The van der Waals surface area contributed by atoms with Crippen molar-refractivity contribution in [2.45, 2.75) is 43.5 Å². The van der Waals surface area contributed by atoms with Crippen LogP contribution in [0.3, 0.4) is 0 Å². The molecule has 1 atom stereocenters. The molecule has 0 amide bonds. The summed E-state index contributed by atoms with van der Waals surface area (Å²) in [5.41, 5.74) is 0. The average Bonchev–Trinajstić information content (AvgIpc) is 2.74. The lowest BCUT2D eigenvalue weighted by atomic mass is 10.3. The Kier molecular flexibility index (Phi) is 3.82. The van der Waals surface area contributed by atoms with Gasteiger partial charge in [-0.05, 0) is 17.0 Å². The molecule has 0 spiro atoms. The van der Waals surface area contributed by atoms with Gasteiger partial charge in [0, 0.05) is 8.80 Å². The summed E-state index contributed by atoms with van der Waals surface area (Å²) in [6.45, 7) is 1.09. The van der Waals surface area contributed by atoms with Gasteiger partial charge in [0.15, 0.2) is 0 Å². The van der Waals surface area contributed by atoms with Gasteiger partial charge in [0.05, 0.1) is 12.7 Å². The molecule has 0 bridgehead atoms. The zero-order chi connectivity index (χ0) is 6.81. The second-order valence-corrected chi connectivity index (χ2v) is 7.05. The van der Waals surface area contributed by atoms with Crippen LogP contribution in [0.15, 0.2) is 0 Å². The Morgan fingerprint density at radius 3 is 2.36 bits per heavy atom. The Bertz CT molecular complexity index is 109. The molecule has 1 nitrogen and oxygen atoms in total. The fourth-order valence-electron chi connectivity index (χ4n) is 2.00. The van der Waals surface area contributed by atoms with Crippen molar-refractivity contribution >= 4 is 19.8 Å². The van der Waals surface area contributed by atoms with Crippen molar-refractivity contribution in [2.75, 3.05) is 6.61 Å². The molecule has 2 saturated heterocycles. The Hall–Kier alpha value is 0.394. The summed E-state index contributed by atoms with van der Waals surface area (Å²) in [6.07, 6.45) is 5.30. The monoisotopic (exact) mass is 188 g/mol. The molecule has 0 saturated carbocycles. The predicted molar refractivity (Wildman–Crippen MR) is 56.5 cm³/mol. The topological polar surface area (TPSA) is 12.5 Å². The second-order valence-electron chi connectivity index (χ2n) is 3.70. The summed E-state index contributed by atoms with van der Waals surface area (Å²) in [5.74, 6) is 0. The molecule has 2 aliphatic heterocycles. The summed E-state index contributed by atoms with van der Waals surface area (Å²) >= 11 is 0. The molecule has 2 heterocycles. The first kappa shape index (κ1) is 9.48. The number of ether oxygens (including phenoxy) is 1. The molecular formula is C8H20OSi2. The molecule has 0 aromatic carbocycles. The van der Waals surface area contributed by atoms with Crippen LogP contribution in [0.5, 0.6) is 0 Å². The number of hydrogen-bond donors (Lipinski definition) is 0. The molecule has 66 valence electrons. The second kappa shape index (κ2) is 4.43. The number of rotatable bonds is 2. The molecule has 2 fully saturated rings. The van der Waals surface area contributed by atoms with Gasteiger partial charge in [-0.25, -0.2) is 0 Å². The predicted octanol–water partition coefficient (Wildman–Crippen LogP) is 0.345. The summed E-state index contributed by atoms with van der Waals surface area (Å²) in [5, 5.41) is 0. The van der Waals surface area contributed by atoms with E-state index in [-0.39, 0.29) is 19.8 Å². The third-order valence-electron chi connectivity index (χ3n) is 2.72. The van der Waals surface area contributed by atoms with Crippen LogP contribution in [-0.4, -0.2) is 32.5 Å². The van der Waals surface area contributed by atoms with Gasteiger partial charge < -0.3 is 4.74 Å². The van der Waals surface area contributed by atoms with Crippen molar-refractivity contribution in [2.24, 2.45) is 0 Å². The summed E-state index contributed by atoms with van der Waals surface area (Å²) in [7, 11) is -0.247. The molecule has 2 aliphatic rings. The summed E-state index contributed by atoms with van der Waals surface area (Å²) in [6, 6.07) is 4.72. The van der Waals surface area contributed by atoms with Gasteiger partial charge in [0.25, 0.3) is 0 Å². The van der Waals surface area contributed by atoms with E-state index in [1.807, 2.05) is 0 Å².